The van der Waals surface area contributed by atoms with E-state index in [0.717, 1.165) is 17.8 Å². The number of carboxylic acid groups (broad SMARTS) is 1. The average Bonchev–Trinajstić information content (AvgIpc) is 3.06. The molecule has 0 amide bonds. The first-order valence-electron chi connectivity index (χ1n) is 7.14. The van der Waals surface area contributed by atoms with E-state index in [1.165, 1.54) is 22.3 Å². The summed E-state index contributed by atoms with van der Waals surface area (Å²) in [5.41, 5.74) is 7.03. The van der Waals surface area contributed by atoms with Crippen molar-refractivity contribution in [3.8, 4) is 16.9 Å². The van der Waals surface area contributed by atoms with E-state index in [1.807, 2.05) is 18.3 Å². The lowest BCUT2D eigenvalue weighted by atomic mass is 10.0. The van der Waals surface area contributed by atoms with E-state index in [-0.39, 0.29) is 5.56 Å². The Morgan fingerprint density at radius 1 is 1.23 bits per heavy atom. The number of carboxylic acids is 1. The fourth-order valence-electron chi connectivity index (χ4n) is 3.03. The van der Waals surface area contributed by atoms with Gasteiger partial charge in [-0.2, -0.15) is 5.10 Å². The Labute approximate surface area is 127 Å². The van der Waals surface area contributed by atoms with Gasteiger partial charge in [-0.1, -0.05) is 24.3 Å². The Hall–Kier alpha value is -2.88. The minimum absolute atomic E-state index is 0.268. The van der Waals surface area contributed by atoms with Crippen LogP contribution in [0.4, 0.5) is 0 Å². The molecule has 1 aliphatic rings. The molecule has 2 aromatic carbocycles. The molecule has 1 aromatic heterocycles. The lowest BCUT2D eigenvalue weighted by molar-refractivity contribution is 0.0697. The van der Waals surface area contributed by atoms with Crippen LogP contribution < -0.4 is 0 Å². The van der Waals surface area contributed by atoms with Crippen molar-refractivity contribution in [1.82, 2.24) is 9.78 Å². The molecular weight excluding hydrogens is 276 g/mol. The minimum Gasteiger partial charge on any atom is -0.478 e. The SMILES string of the molecule is Cc1cccc2c1Cc1cn(-c3cccc(C(=O)O)c3)nc1-2. The van der Waals surface area contributed by atoms with Gasteiger partial charge in [0.2, 0.25) is 0 Å². The third kappa shape index (κ3) is 1.84. The normalized spacial score (nSPS) is 12.0. The molecule has 4 heteroatoms. The summed E-state index contributed by atoms with van der Waals surface area (Å²) in [6.07, 6.45) is 2.88. The summed E-state index contributed by atoms with van der Waals surface area (Å²) in [6, 6.07) is 13.1. The molecule has 0 saturated heterocycles. The quantitative estimate of drug-likeness (QED) is 0.615. The lowest BCUT2D eigenvalue weighted by Gasteiger charge is -2.05. The van der Waals surface area contributed by atoms with Crippen molar-refractivity contribution in [1.29, 1.82) is 0 Å². The van der Waals surface area contributed by atoms with Crippen LogP contribution in [-0.4, -0.2) is 20.9 Å². The monoisotopic (exact) mass is 290 g/mol. The first-order valence-corrected chi connectivity index (χ1v) is 7.14. The highest BCUT2D eigenvalue weighted by Crippen LogP contribution is 2.37. The Balaban J connectivity index is 1.81. The summed E-state index contributed by atoms with van der Waals surface area (Å²) in [4.78, 5) is 11.1. The summed E-state index contributed by atoms with van der Waals surface area (Å²) >= 11 is 0. The van der Waals surface area contributed by atoms with E-state index >= 15 is 0 Å². The van der Waals surface area contributed by atoms with Crippen LogP contribution in [0.5, 0.6) is 0 Å². The summed E-state index contributed by atoms with van der Waals surface area (Å²) in [6.45, 7) is 2.12. The zero-order valence-corrected chi connectivity index (χ0v) is 12.1. The first kappa shape index (κ1) is 12.8. The summed E-state index contributed by atoms with van der Waals surface area (Å²) < 4.78 is 1.77. The molecular formula is C18H14N2O2. The average molecular weight is 290 g/mol. The third-order valence-electron chi connectivity index (χ3n) is 4.18. The van der Waals surface area contributed by atoms with Crippen LogP contribution in [0.25, 0.3) is 16.9 Å². The van der Waals surface area contributed by atoms with Gasteiger partial charge in [-0.25, -0.2) is 9.48 Å². The van der Waals surface area contributed by atoms with Crippen LogP contribution in [0.1, 0.15) is 27.0 Å². The van der Waals surface area contributed by atoms with Gasteiger partial charge in [0.15, 0.2) is 0 Å². The van der Waals surface area contributed by atoms with Crippen molar-refractivity contribution in [2.24, 2.45) is 0 Å². The van der Waals surface area contributed by atoms with E-state index < -0.39 is 5.97 Å². The smallest absolute Gasteiger partial charge is 0.335 e. The molecule has 22 heavy (non-hydrogen) atoms. The predicted octanol–water partition coefficient (Wildman–Crippen LogP) is 3.45. The largest absolute Gasteiger partial charge is 0.478 e. The van der Waals surface area contributed by atoms with Crippen LogP contribution >= 0.6 is 0 Å². The number of rotatable bonds is 2. The molecule has 0 radical (unpaired) electrons. The molecule has 0 bridgehead atoms. The molecule has 3 aromatic rings. The van der Waals surface area contributed by atoms with Gasteiger partial charge in [0.05, 0.1) is 16.9 Å². The molecule has 1 heterocycles. The highest BCUT2D eigenvalue weighted by Gasteiger charge is 2.23. The van der Waals surface area contributed by atoms with E-state index in [0.29, 0.717) is 0 Å². The zero-order valence-electron chi connectivity index (χ0n) is 12.1. The van der Waals surface area contributed by atoms with Gasteiger partial charge in [-0.15, -0.1) is 0 Å². The summed E-state index contributed by atoms with van der Waals surface area (Å²) in [5, 5.41) is 13.8. The number of aryl methyl sites for hydroxylation is 1. The van der Waals surface area contributed by atoms with E-state index in [2.05, 4.69) is 24.2 Å². The maximum absolute atomic E-state index is 11.1. The predicted molar refractivity (Wildman–Crippen MR) is 83.5 cm³/mol. The fourth-order valence-corrected chi connectivity index (χ4v) is 3.03. The highest BCUT2D eigenvalue weighted by atomic mass is 16.4. The van der Waals surface area contributed by atoms with Gasteiger partial charge >= 0.3 is 5.97 Å². The van der Waals surface area contributed by atoms with Crippen molar-refractivity contribution in [3.63, 3.8) is 0 Å². The Kier molecular flexibility index (Phi) is 2.66. The Bertz CT molecular complexity index is 909. The lowest BCUT2D eigenvalue weighted by Crippen LogP contribution is -2.01. The van der Waals surface area contributed by atoms with Gasteiger partial charge in [0.1, 0.15) is 0 Å². The van der Waals surface area contributed by atoms with Gasteiger partial charge < -0.3 is 5.11 Å². The molecule has 4 rings (SSSR count). The van der Waals surface area contributed by atoms with Gasteiger partial charge in [-0.05, 0) is 36.2 Å². The van der Waals surface area contributed by atoms with Crippen LogP contribution in [0.15, 0.2) is 48.7 Å². The Morgan fingerprint density at radius 3 is 2.86 bits per heavy atom. The molecule has 0 unspecified atom stereocenters. The first-order chi connectivity index (χ1) is 10.6. The standard InChI is InChI=1S/C18H14N2O2/c1-11-4-2-7-15-16(11)9-13-10-20(19-17(13)15)14-6-3-5-12(8-14)18(21)22/h2-8,10H,9H2,1H3,(H,21,22). The summed E-state index contributed by atoms with van der Waals surface area (Å²) in [7, 11) is 0. The van der Waals surface area contributed by atoms with Crippen molar-refractivity contribution >= 4 is 5.97 Å². The number of hydrogen-bond donors (Lipinski definition) is 1. The second-order valence-electron chi connectivity index (χ2n) is 5.58. The third-order valence-corrected chi connectivity index (χ3v) is 4.18. The minimum atomic E-state index is -0.928. The maximum atomic E-state index is 11.1. The number of hydrogen-bond acceptors (Lipinski definition) is 2. The molecule has 1 N–H and O–H groups in total. The van der Waals surface area contributed by atoms with Gasteiger partial charge in [0, 0.05) is 23.7 Å². The van der Waals surface area contributed by atoms with Crippen LogP contribution in [-0.2, 0) is 6.42 Å². The Morgan fingerprint density at radius 2 is 2.05 bits per heavy atom. The number of aromatic carboxylic acids is 1. The summed E-state index contributed by atoms with van der Waals surface area (Å²) in [5.74, 6) is -0.928. The zero-order chi connectivity index (χ0) is 15.3. The molecule has 1 aliphatic carbocycles. The number of nitrogens with zero attached hydrogens (tertiary/aromatic N) is 2. The molecule has 4 nitrogen and oxygen atoms in total. The topological polar surface area (TPSA) is 55.1 Å². The van der Waals surface area contributed by atoms with Crippen molar-refractivity contribution in [3.05, 3.63) is 70.9 Å². The highest BCUT2D eigenvalue weighted by molar-refractivity contribution is 5.88. The van der Waals surface area contributed by atoms with E-state index in [9.17, 15) is 4.79 Å². The maximum Gasteiger partial charge on any atom is 0.335 e. The fraction of sp³-hybridized carbons (Fsp3) is 0.111. The van der Waals surface area contributed by atoms with Crippen LogP contribution in [0, 0.1) is 6.92 Å². The van der Waals surface area contributed by atoms with Gasteiger partial charge in [0.25, 0.3) is 0 Å². The van der Waals surface area contributed by atoms with E-state index in [4.69, 9.17) is 5.11 Å². The van der Waals surface area contributed by atoms with Crippen LogP contribution in [0.3, 0.4) is 0 Å². The molecule has 0 spiro atoms. The van der Waals surface area contributed by atoms with Crippen LogP contribution in [0.2, 0.25) is 0 Å². The molecule has 0 atom stereocenters. The number of fused-ring (bicyclic) bond motifs is 3. The molecule has 0 fully saturated rings. The molecule has 0 aliphatic heterocycles. The van der Waals surface area contributed by atoms with Crippen molar-refractivity contribution in [2.45, 2.75) is 13.3 Å². The second-order valence-corrected chi connectivity index (χ2v) is 5.58. The number of benzene rings is 2. The molecule has 0 saturated carbocycles. The van der Waals surface area contributed by atoms with E-state index in [1.54, 1.807) is 22.9 Å². The number of aromatic nitrogens is 2. The number of carbonyl (C=O) groups is 1. The van der Waals surface area contributed by atoms with Crippen molar-refractivity contribution < 1.29 is 9.90 Å². The second kappa shape index (κ2) is 4.56. The molecule has 108 valence electrons. The van der Waals surface area contributed by atoms with Crippen molar-refractivity contribution in [2.75, 3.05) is 0 Å². The van der Waals surface area contributed by atoms with Gasteiger partial charge in [-0.3, -0.25) is 0 Å².